The first kappa shape index (κ1) is 17.4. The highest BCUT2D eigenvalue weighted by molar-refractivity contribution is 5.78. The van der Waals surface area contributed by atoms with Crippen molar-refractivity contribution in [3.8, 4) is 11.5 Å². The number of carbonyl (C=O) groups excluding carboxylic acids is 1. The molecule has 1 heterocycles. The third-order valence-corrected chi connectivity index (χ3v) is 4.79. The van der Waals surface area contributed by atoms with Crippen molar-refractivity contribution in [2.24, 2.45) is 0 Å². The number of aryl methyl sites for hydroxylation is 1. The number of benzene rings is 1. The fourth-order valence-electron chi connectivity index (χ4n) is 3.35. The summed E-state index contributed by atoms with van der Waals surface area (Å²) >= 11 is 0. The topological polar surface area (TPSA) is 52.5 Å². The minimum Gasteiger partial charge on any atom is -0.493 e. The number of nitrogens with zero attached hydrogens (tertiary/aromatic N) is 1. The smallest absolute Gasteiger partial charge is 0.224 e. The summed E-state index contributed by atoms with van der Waals surface area (Å²) in [7, 11) is 3.19. The van der Waals surface area contributed by atoms with E-state index in [1.54, 1.807) is 14.2 Å². The average molecular weight is 342 g/mol. The first-order chi connectivity index (χ1) is 12.0. The number of hydrogen-bond acceptors (Lipinski definition) is 3. The van der Waals surface area contributed by atoms with Gasteiger partial charge in [0.1, 0.15) is 0 Å². The van der Waals surface area contributed by atoms with Crippen molar-refractivity contribution in [3.05, 3.63) is 46.8 Å². The molecule has 0 spiro atoms. The van der Waals surface area contributed by atoms with E-state index in [0.717, 1.165) is 5.56 Å². The van der Waals surface area contributed by atoms with Crippen LogP contribution in [-0.4, -0.2) is 24.7 Å². The van der Waals surface area contributed by atoms with Crippen LogP contribution in [0.5, 0.6) is 11.5 Å². The van der Waals surface area contributed by atoms with Crippen molar-refractivity contribution < 1.29 is 14.3 Å². The maximum atomic E-state index is 12.3. The van der Waals surface area contributed by atoms with Crippen molar-refractivity contribution in [1.82, 2.24) is 9.88 Å². The van der Waals surface area contributed by atoms with Crippen molar-refractivity contribution in [2.75, 3.05) is 14.2 Å². The van der Waals surface area contributed by atoms with Gasteiger partial charge >= 0.3 is 0 Å². The Balaban J connectivity index is 1.61. The molecule has 0 saturated heterocycles. The zero-order valence-corrected chi connectivity index (χ0v) is 15.4. The number of methoxy groups -OCH3 is 2. The van der Waals surface area contributed by atoms with E-state index in [2.05, 4.69) is 29.8 Å². The predicted molar refractivity (Wildman–Crippen MR) is 97.3 cm³/mol. The quantitative estimate of drug-likeness (QED) is 0.840. The lowest BCUT2D eigenvalue weighted by molar-refractivity contribution is -0.120. The SMILES string of the molecule is COc1ccc(CC(=O)NCc2cc(C)n(C3CC3)c2C)cc1OC. The van der Waals surface area contributed by atoms with Gasteiger partial charge in [0.25, 0.3) is 0 Å². The molecule has 0 atom stereocenters. The van der Waals surface area contributed by atoms with E-state index < -0.39 is 0 Å². The lowest BCUT2D eigenvalue weighted by Crippen LogP contribution is -2.24. The predicted octanol–water partition coefficient (Wildman–Crippen LogP) is 3.32. The standard InChI is InChI=1S/C20H26N2O3/c1-13-9-16(14(2)22(13)17-6-7-17)12-21-20(23)11-15-5-8-18(24-3)19(10-15)25-4/h5,8-10,17H,6-7,11-12H2,1-4H3,(H,21,23). The molecule has 25 heavy (non-hydrogen) atoms. The van der Waals surface area contributed by atoms with Crippen molar-refractivity contribution in [3.63, 3.8) is 0 Å². The first-order valence-electron chi connectivity index (χ1n) is 8.68. The van der Waals surface area contributed by atoms with Crippen molar-refractivity contribution in [1.29, 1.82) is 0 Å². The Morgan fingerprint density at radius 1 is 1.16 bits per heavy atom. The molecule has 5 nitrogen and oxygen atoms in total. The Hall–Kier alpha value is -2.43. The zero-order chi connectivity index (χ0) is 18.0. The fourth-order valence-corrected chi connectivity index (χ4v) is 3.35. The second kappa shape index (κ2) is 7.21. The largest absolute Gasteiger partial charge is 0.493 e. The molecule has 1 amide bonds. The van der Waals surface area contributed by atoms with E-state index in [-0.39, 0.29) is 5.91 Å². The lowest BCUT2D eigenvalue weighted by Gasteiger charge is -2.10. The van der Waals surface area contributed by atoms with Crippen molar-refractivity contribution in [2.45, 2.75) is 45.7 Å². The van der Waals surface area contributed by atoms with Gasteiger partial charge < -0.3 is 19.4 Å². The molecule has 0 aliphatic heterocycles. The summed E-state index contributed by atoms with van der Waals surface area (Å²) in [6.07, 6.45) is 2.85. The van der Waals surface area contributed by atoms with Gasteiger partial charge in [-0.15, -0.1) is 0 Å². The Labute approximate surface area is 148 Å². The van der Waals surface area contributed by atoms with Gasteiger partial charge in [-0.1, -0.05) is 6.07 Å². The van der Waals surface area contributed by atoms with E-state index in [1.807, 2.05) is 18.2 Å². The number of amides is 1. The van der Waals surface area contributed by atoms with E-state index in [4.69, 9.17) is 9.47 Å². The molecule has 1 aromatic carbocycles. The van der Waals surface area contributed by atoms with Gasteiger partial charge in [-0.05, 0) is 56.0 Å². The van der Waals surface area contributed by atoms with Gasteiger partial charge in [-0.25, -0.2) is 0 Å². The van der Waals surface area contributed by atoms with E-state index in [9.17, 15) is 4.79 Å². The van der Waals surface area contributed by atoms with Crippen LogP contribution in [0.15, 0.2) is 24.3 Å². The summed E-state index contributed by atoms with van der Waals surface area (Å²) < 4.78 is 12.9. The molecule has 5 heteroatoms. The second-order valence-electron chi connectivity index (χ2n) is 6.64. The van der Waals surface area contributed by atoms with Gasteiger partial charge in [-0.3, -0.25) is 4.79 Å². The molecule has 1 aliphatic carbocycles. The van der Waals surface area contributed by atoms with Crippen LogP contribution in [0.25, 0.3) is 0 Å². The third-order valence-electron chi connectivity index (χ3n) is 4.79. The van der Waals surface area contributed by atoms with Crippen LogP contribution in [-0.2, 0) is 17.8 Å². The highest BCUT2D eigenvalue weighted by Crippen LogP contribution is 2.38. The number of rotatable bonds is 7. The molecule has 3 rings (SSSR count). The Kier molecular flexibility index (Phi) is 5.02. The summed E-state index contributed by atoms with van der Waals surface area (Å²) in [5.41, 5.74) is 4.65. The second-order valence-corrected chi connectivity index (χ2v) is 6.64. The Morgan fingerprint density at radius 2 is 1.88 bits per heavy atom. The van der Waals surface area contributed by atoms with Gasteiger partial charge in [0.05, 0.1) is 20.6 Å². The van der Waals surface area contributed by atoms with Crippen LogP contribution >= 0.6 is 0 Å². The van der Waals surface area contributed by atoms with Gasteiger partial charge in [0.2, 0.25) is 5.91 Å². The molecule has 0 unspecified atom stereocenters. The lowest BCUT2D eigenvalue weighted by atomic mass is 10.1. The molecule has 0 radical (unpaired) electrons. The number of nitrogens with one attached hydrogen (secondary N) is 1. The first-order valence-corrected chi connectivity index (χ1v) is 8.68. The molecule has 1 saturated carbocycles. The summed E-state index contributed by atoms with van der Waals surface area (Å²) in [5.74, 6) is 1.31. The summed E-state index contributed by atoms with van der Waals surface area (Å²) in [6.45, 7) is 4.85. The molecule has 2 aromatic rings. The normalized spacial score (nSPS) is 13.6. The molecule has 1 aliphatic rings. The minimum absolute atomic E-state index is 0.00319. The average Bonchev–Trinajstić information content (AvgIpc) is 3.38. The van der Waals surface area contributed by atoms with Crippen LogP contribution in [0.1, 0.15) is 41.4 Å². The van der Waals surface area contributed by atoms with Crippen LogP contribution in [0.2, 0.25) is 0 Å². The number of carbonyl (C=O) groups is 1. The number of hydrogen-bond donors (Lipinski definition) is 1. The summed E-state index contributed by atoms with van der Waals surface area (Å²) in [5, 5.41) is 3.03. The molecule has 134 valence electrons. The van der Waals surface area contributed by atoms with Gasteiger partial charge in [-0.2, -0.15) is 0 Å². The van der Waals surface area contributed by atoms with E-state index in [1.165, 1.54) is 29.8 Å². The van der Waals surface area contributed by atoms with Crippen LogP contribution in [0, 0.1) is 13.8 Å². The van der Waals surface area contributed by atoms with E-state index in [0.29, 0.717) is 30.5 Å². The Morgan fingerprint density at radius 3 is 2.52 bits per heavy atom. The fraction of sp³-hybridized carbons (Fsp3) is 0.450. The molecule has 0 bridgehead atoms. The summed E-state index contributed by atoms with van der Waals surface area (Å²) in [4.78, 5) is 12.3. The number of ether oxygens (including phenoxy) is 2. The van der Waals surface area contributed by atoms with Crippen LogP contribution in [0.3, 0.4) is 0 Å². The molecular formula is C20H26N2O3. The highest BCUT2D eigenvalue weighted by Gasteiger charge is 2.26. The highest BCUT2D eigenvalue weighted by atomic mass is 16.5. The molecule has 1 aromatic heterocycles. The van der Waals surface area contributed by atoms with Crippen LogP contribution in [0.4, 0.5) is 0 Å². The van der Waals surface area contributed by atoms with Crippen molar-refractivity contribution >= 4 is 5.91 Å². The maximum Gasteiger partial charge on any atom is 0.224 e. The number of aromatic nitrogens is 1. The summed E-state index contributed by atoms with van der Waals surface area (Å²) in [6, 6.07) is 8.41. The molecular weight excluding hydrogens is 316 g/mol. The van der Waals surface area contributed by atoms with Gasteiger partial charge in [0.15, 0.2) is 11.5 Å². The zero-order valence-electron chi connectivity index (χ0n) is 15.4. The molecule has 1 N–H and O–H groups in total. The van der Waals surface area contributed by atoms with E-state index >= 15 is 0 Å². The van der Waals surface area contributed by atoms with Gasteiger partial charge in [0, 0.05) is 24.0 Å². The van der Waals surface area contributed by atoms with Crippen LogP contribution < -0.4 is 14.8 Å². The third kappa shape index (κ3) is 3.81. The Bertz CT molecular complexity index is 775. The molecule has 1 fully saturated rings. The minimum atomic E-state index is 0.00319. The monoisotopic (exact) mass is 342 g/mol. The maximum absolute atomic E-state index is 12.3.